The summed E-state index contributed by atoms with van der Waals surface area (Å²) in [5.41, 5.74) is 2.82. The molecule has 1 saturated heterocycles. The highest BCUT2D eigenvalue weighted by Gasteiger charge is 2.30. The van der Waals surface area contributed by atoms with Crippen molar-refractivity contribution in [2.75, 3.05) is 20.2 Å². The molecule has 2 aromatic carbocycles. The van der Waals surface area contributed by atoms with E-state index in [9.17, 15) is 4.79 Å². The lowest BCUT2D eigenvalue weighted by Crippen LogP contribution is -2.40. The molecule has 2 heterocycles. The van der Waals surface area contributed by atoms with Crippen LogP contribution < -0.4 is 4.74 Å². The van der Waals surface area contributed by atoms with Gasteiger partial charge in [0.05, 0.1) is 23.7 Å². The number of methoxy groups -OCH3 is 1. The average Bonchev–Trinajstić information content (AvgIpc) is 3.13. The summed E-state index contributed by atoms with van der Waals surface area (Å²) in [6.07, 6.45) is 2.03. The largest absolute Gasteiger partial charge is 0.496 e. The van der Waals surface area contributed by atoms with Crippen molar-refractivity contribution >= 4 is 16.9 Å². The third-order valence-electron chi connectivity index (χ3n) is 5.55. The highest BCUT2D eigenvalue weighted by molar-refractivity contribution is 5.97. The number of aromatic nitrogens is 2. The van der Waals surface area contributed by atoms with Crippen LogP contribution in [0.3, 0.4) is 0 Å². The maximum absolute atomic E-state index is 13.2. The molecule has 1 unspecified atom stereocenters. The predicted molar refractivity (Wildman–Crippen MR) is 111 cm³/mol. The molecule has 0 N–H and O–H groups in total. The maximum Gasteiger partial charge on any atom is 0.257 e. The minimum Gasteiger partial charge on any atom is -0.496 e. The van der Waals surface area contributed by atoms with Gasteiger partial charge in [-0.05, 0) is 51.0 Å². The molecule has 0 spiro atoms. The van der Waals surface area contributed by atoms with Crippen molar-refractivity contribution in [1.82, 2.24) is 14.5 Å². The van der Waals surface area contributed by atoms with Crippen LogP contribution >= 0.6 is 0 Å². The Bertz CT molecular complexity index is 992. The van der Waals surface area contributed by atoms with E-state index < -0.39 is 0 Å². The minimum atomic E-state index is 0.0364. The summed E-state index contributed by atoms with van der Waals surface area (Å²) >= 11 is 0. The summed E-state index contributed by atoms with van der Waals surface area (Å²) in [5, 5.41) is 0. The van der Waals surface area contributed by atoms with Gasteiger partial charge in [-0.1, -0.05) is 24.3 Å². The fraction of sp³-hybridized carbons (Fsp3) is 0.391. The Morgan fingerprint density at radius 3 is 2.68 bits per heavy atom. The van der Waals surface area contributed by atoms with E-state index >= 15 is 0 Å². The van der Waals surface area contributed by atoms with Gasteiger partial charge in [0.2, 0.25) is 0 Å². The standard InChI is InChI=1S/C23H27N3O2/c1-16(2)26-20-12-6-5-11-19(20)24-22(26)17-9-8-14-25(15-17)23(27)18-10-4-7-13-21(18)28-3/h4-7,10-13,16-17H,8-9,14-15H2,1-3H3. The molecule has 1 aromatic heterocycles. The van der Waals surface area contributed by atoms with Crippen LogP contribution in [-0.4, -0.2) is 40.6 Å². The van der Waals surface area contributed by atoms with E-state index in [0.29, 0.717) is 23.9 Å². The Morgan fingerprint density at radius 2 is 1.89 bits per heavy atom. The number of carbonyl (C=O) groups is 1. The fourth-order valence-electron chi connectivity index (χ4n) is 4.26. The number of hydrogen-bond donors (Lipinski definition) is 0. The Balaban J connectivity index is 1.65. The maximum atomic E-state index is 13.2. The number of carbonyl (C=O) groups excluding carboxylic acids is 1. The van der Waals surface area contributed by atoms with Gasteiger partial charge in [0.1, 0.15) is 11.6 Å². The SMILES string of the molecule is COc1ccccc1C(=O)N1CCCC(c2nc3ccccc3n2C(C)C)C1. The number of nitrogens with zero attached hydrogens (tertiary/aromatic N) is 3. The fourth-order valence-corrected chi connectivity index (χ4v) is 4.26. The number of piperidine rings is 1. The van der Waals surface area contributed by atoms with E-state index in [1.807, 2.05) is 35.2 Å². The first-order valence-electron chi connectivity index (χ1n) is 9.99. The van der Waals surface area contributed by atoms with Crippen molar-refractivity contribution in [2.24, 2.45) is 0 Å². The molecule has 1 fully saturated rings. The van der Waals surface area contributed by atoms with E-state index in [-0.39, 0.29) is 11.8 Å². The second-order valence-electron chi connectivity index (χ2n) is 7.71. The van der Waals surface area contributed by atoms with E-state index in [4.69, 9.17) is 9.72 Å². The number of imidazole rings is 1. The molecule has 4 rings (SSSR count). The molecule has 1 atom stereocenters. The second kappa shape index (κ2) is 7.66. The topological polar surface area (TPSA) is 47.4 Å². The quantitative estimate of drug-likeness (QED) is 0.665. The Kier molecular flexibility index (Phi) is 5.07. The minimum absolute atomic E-state index is 0.0364. The lowest BCUT2D eigenvalue weighted by Gasteiger charge is -2.33. The first-order chi connectivity index (χ1) is 13.6. The zero-order valence-electron chi connectivity index (χ0n) is 16.8. The molecule has 5 heteroatoms. The smallest absolute Gasteiger partial charge is 0.257 e. The molecule has 1 aliphatic rings. The van der Waals surface area contributed by atoms with Crippen LogP contribution in [-0.2, 0) is 0 Å². The Hall–Kier alpha value is -2.82. The van der Waals surface area contributed by atoms with Crippen LogP contribution in [0.5, 0.6) is 5.75 Å². The highest BCUT2D eigenvalue weighted by Crippen LogP contribution is 2.32. The second-order valence-corrected chi connectivity index (χ2v) is 7.71. The third kappa shape index (κ3) is 3.26. The number of benzene rings is 2. The van der Waals surface area contributed by atoms with Crippen LogP contribution in [0.1, 0.15) is 54.8 Å². The van der Waals surface area contributed by atoms with E-state index in [2.05, 4.69) is 36.6 Å². The van der Waals surface area contributed by atoms with Crippen LogP contribution in [0.2, 0.25) is 0 Å². The van der Waals surface area contributed by atoms with Crippen molar-refractivity contribution in [2.45, 2.75) is 38.6 Å². The van der Waals surface area contributed by atoms with Gasteiger partial charge in [-0.15, -0.1) is 0 Å². The summed E-state index contributed by atoms with van der Waals surface area (Å²) in [6.45, 7) is 5.85. The number of hydrogen-bond acceptors (Lipinski definition) is 3. The van der Waals surface area contributed by atoms with Crippen LogP contribution in [0.25, 0.3) is 11.0 Å². The third-order valence-corrected chi connectivity index (χ3v) is 5.55. The molecule has 28 heavy (non-hydrogen) atoms. The number of amides is 1. The summed E-state index contributed by atoms with van der Waals surface area (Å²) in [6, 6.07) is 16.1. The van der Waals surface area contributed by atoms with Gasteiger partial charge in [-0.2, -0.15) is 0 Å². The van der Waals surface area contributed by atoms with Gasteiger partial charge in [-0.3, -0.25) is 4.79 Å². The molecule has 1 aliphatic heterocycles. The molecule has 5 nitrogen and oxygen atoms in total. The van der Waals surface area contributed by atoms with Crippen molar-refractivity contribution < 1.29 is 9.53 Å². The molecular formula is C23H27N3O2. The zero-order chi connectivity index (χ0) is 19.7. The first-order valence-corrected chi connectivity index (χ1v) is 9.99. The van der Waals surface area contributed by atoms with Crippen molar-refractivity contribution in [3.63, 3.8) is 0 Å². The number of para-hydroxylation sites is 3. The molecule has 0 bridgehead atoms. The molecule has 0 radical (unpaired) electrons. The molecular weight excluding hydrogens is 350 g/mol. The summed E-state index contributed by atoms with van der Waals surface area (Å²) in [5.74, 6) is 1.99. The summed E-state index contributed by atoms with van der Waals surface area (Å²) in [7, 11) is 1.61. The zero-order valence-corrected chi connectivity index (χ0v) is 16.8. The number of ether oxygens (including phenoxy) is 1. The molecule has 1 amide bonds. The van der Waals surface area contributed by atoms with E-state index in [1.54, 1.807) is 7.11 Å². The lowest BCUT2D eigenvalue weighted by molar-refractivity contribution is 0.0700. The van der Waals surface area contributed by atoms with Gasteiger partial charge >= 0.3 is 0 Å². The normalized spacial score (nSPS) is 17.3. The predicted octanol–water partition coefficient (Wildman–Crippen LogP) is 4.65. The van der Waals surface area contributed by atoms with E-state index in [0.717, 1.165) is 30.7 Å². The van der Waals surface area contributed by atoms with Gasteiger partial charge in [0.15, 0.2) is 0 Å². The number of fused-ring (bicyclic) bond motifs is 1. The molecule has 0 saturated carbocycles. The van der Waals surface area contributed by atoms with E-state index in [1.165, 1.54) is 5.52 Å². The van der Waals surface area contributed by atoms with Crippen molar-refractivity contribution in [1.29, 1.82) is 0 Å². The lowest BCUT2D eigenvalue weighted by atomic mass is 9.96. The Labute approximate surface area is 165 Å². The molecule has 0 aliphatic carbocycles. The Morgan fingerprint density at radius 1 is 1.14 bits per heavy atom. The van der Waals surface area contributed by atoms with Crippen molar-refractivity contribution in [3.8, 4) is 5.75 Å². The summed E-state index contributed by atoms with van der Waals surface area (Å²) < 4.78 is 7.73. The number of likely N-dealkylation sites (tertiary alicyclic amines) is 1. The van der Waals surface area contributed by atoms with Crippen molar-refractivity contribution in [3.05, 3.63) is 59.9 Å². The van der Waals surface area contributed by atoms with Crippen LogP contribution in [0.15, 0.2) is 48.5 Å². The molecule has 146 valence electrons. The highest BCUT2D eigenvalue weighted by atomic mass is 16.5. The number of rotatable bonds is 4. The van der Waals surface area contributed by atoms with Crippen LogP contribution in [0.4, 0.5) is 0 Å². The molecule has 3 aromatic rings. The average molecular weight is 377 g/mol. The van der Waals surface area contributed by atoms with Gasteiger partial charge in [-0.25, -0.2) is 4.98 Å². The first kappa shape index (κ1) is 18.5. The van der Waals surface area contributed by atoms with Crippen LogP contribution in [0, 0.1) is 0 Å². The van der Waals surface area contributed by atoms with Gasteiger partial charge in [0.25, 0.3) is 5.91 Å². The summed E-state index contributed by atoms with van der Waals surface area (Å²) in [4.78, 5) is 20.1. The van der Waals surface area contributed by atoms with Gasteiger partial charge < -0.3 is 14.2 Å². The monoisotopic (exact) mass is 377 g/mol. The van der Waals surface area contributed by atoms with Gasteiger partial charge in [0, 0.05) is 25.0 Å².